The van der Waals surface area contributed by atoms with Crippen LogP contribution in [0.3, 0.4) is 0 Å². The van der Waals surface area contributed by atoms with Gasteiger partial charge in [-0.3, -0.25) is 4.79 Å². The van der Waals surface area contributed by atoms with Gasteiger partial charge in [-0.2, -0.15) is 5.10 Å². The third-order valence-corrected chi connectivity index (χ3v) is 4.84. The Bertz CT molecular complexity index is 768. The molecule has 1 aliphatic heterocycles. The molecule has 1 atom stereocenters. The van der Waals surface area contributed by atoms with E-state index in [4.69, 9.17) is 4.74 Å². The van der Waals surface area contributed by atoms with Gasteiger partial charge in [-0.1, -0.05) is 6.07 Å². The van der Waals surface area contributed by atoms with E-state index in [1.807, 2.05) is 56.0 Å². The molecule has 2 aromatic rings. The Balaban J connectivity index is 1.55. The van der Waals surface area contributed by atoms with E-state index in [1.165, 1.54) is 5.56 Å². The van der Waals surface area contributed by atoms with Crippen LogP contribution in [0.25, 0.3) is 0 Å². The first kappa shape index (κ1) is 18.2. The topological polar surface area (TPSA) is 58.6 Å². The lowest BCUT2D eigenvalue weighted by atomic mass is 10.1. The fourth-order valence-corrected chi connectivity index (χ4v) is 3.02. The van der Waals surface area contributed by atoms with Gasteiger partial charge in [-0.15, -0.1) is 5.10 Å². The van der Waals surface area contributed by atoms with Crippen molar-refractivity contribution in [2.24, 2.45) is 0 Å². The maximum Gasteiger partial charge on any atom is 0.263 e. The summed E-state index contributed by atoms with van der Waals surface area (Å²) in [6, 6.07) is 9.85. The first-order chi connectivity index (χ1) is 12.4. The largest absolute Gasteiger partial charge is 0.481 e. The minimum Gasteiger partial charge on any atom is -0.481 e. The van der Waals surface area contributed by atoms with Crippen molar-refractivity contribution < 1.29 is 9.53 Å². The van der Waals surface area contributed by atoms with E-state index < -0.39 is 6.10 Å². The van der Waals surface area contributed by atoms with Crippen LogP contribution in [0, 0.1) is 20.8 Å². The zero-order valence-corrected chi connectivity index (χ0v) is 15.9. The van der Waals surface area contributed by atoms with Crippen molar-refractivity contribution >= 4 is 11.7 Å². The molecule has 3 rings (SSSR count). The predicted molar refractivity (Wildman–Crippen MR) is 102 cm³/mol. The molecule has 0 bridgehead atoms. The van der Waals surface area contributed by atoms with Crippen LogP contribution >= 0.6 is 0 Å². The quantitative estimate of drug-likeness (QED) is 0.844. The van der Waals surface area contributed by atoms with Gasteiger partial charge in [0.25, 0.3) is 5.91 Å². The van der Waals surface area contributed by atoms with Crippen molar-refractivity contribution in [3.8, 4) is 5.75 Å². The normalized spacial score (nSPS) is 15.7. The molecule has 1 unspecified atom stereocenters. The standard InChI is InChI=1S/C20H26N4O2/c1-14-5-7-18(13-15(14)2)26-17(4)20(25)24-11-9-23(10-12-24)19-8-6-16(3)21-22-19/h5-8,13,17H,9-12H2,1-4H3. The molecule has 0 N–H and O–H groups in total. The number of nitrogens with zero attached hydrogens (tertiary/aromatic N) is 4. The summed E-state index contributed by atoms with van der Waals surface area (Å²) in [5.41, 5.74) is 3.28. The number of ether oxygens (including phenoxy) is 1. The molecule has 1 aliphatic rings. The summed E-state index contributed by atoms with van der Waals surface area (Å²) in [5.74, 6) is 1.63. The zero-order chi connectivity index (χ0) is 18.7. The second-order valence-corrected chi connectivity index (χ2v) is 6.85. The molecule has 1 aromatic heterocycles. The Morgan fingerprint density at radius 3 is 2.35 bits per heavy atom. The van der Waals surface area contributed by atoms with Crippen molar-refractivity contribution in [1.29, 1.82) is 0 Å². The highest BCUT2D eigenvalue weighted by atomic mass is 16.5. The van der Waals surface area contributed by atoms with E-state index in [-0.39, 0.29) is 5.91 Å². The van der Waals surface area contributed by atoms with E-state index in [0.717, 1.165) is 35.9 Å². The molecular formula is C20H26N4O2. The number of aromatic nitrogens is 2. The highest BCUT2D eigenvalue weighted by Gasteiger charge is 2.26. The third kappa shape index (κ3) is 4.12. The van der Waals surface area contributed by atoms with Gasteiger partial charge in [-0.05, 0) is 63.1 Å². The number of carbonyl (C=O) groups excluding carboxylic acids is 1. The van der Waals surface area contributed by atoms with E-state index in [9.17, 15) is 4.79 Å². The second kappa shape index (κ2) is 7.72. The summed E-state index contributed by atoms with van der Waals surface area (Å²) in [4.78, 5) is 16.7. The summed E-state index contributed by atoms with van der Waals surface area (Å²) in [6.45, 7) is 10.7. The first-order valence-electron chi connectivity index (χ1n) is 9.02. The number of hydrogen-bond acceptors (Lipinski definition) is 5. The average Bonchev–Trinajstić information content (AvgIpc) is 2.65. The van der Waals surface area contributed by atoms with Crippen LogP contribution in [0.4, 0.5) is 5.82 Å². The van der Waals surface area contributed by atoms with Gasteiger partial charge < -0.3 is 14.5 Å². The highest BCUT2D eigenvalue weighted by molar-refractivity contribution is 5.81. The lowest BCUT2D eigenvalue weighted by Gasteiger charge is -2.36. The molecular weight excluding hydrogens is 328 g/mol. The van der Waals surface area contributed by atoms with Crippen LogP contribution in [-0.4, -0.2) is 53.3 Å². The zero-order valence-electron chi connectivity index (χ0n) is 15.9. The van der Waals surface area contributed by atoms with E-state index >= 15 is 0 Å². The minimum atomic E-state index is -0.497. The van der Waals surface area contributed by atoms with E-state index in [2.05, 4.69) is 22.0 Å². The molecule has 1 aromatic carbocycles. The van der Waals surface area contributed by atoms with Gasteiger partial charge in [0.05, 0.1) is 5.69 Å². The molecule has 26 heavy (non-hydrogen) atoms. The monoisotopic (exact) mass is 354 g/mol. The number of aryl methyl sites for hydroxylation is 3. The highest BCUT2D eigenvalue weighted by Crippen LogP contribution is 2.19. The fourth-order valence-electron chi connectivity index (χ4n) is 3.02. The summed E-state index contributed by atoms with van der Waals surface area (Å²) < 4.78 is 5.86. The molecule has 6 heteroatoms. The molecule has 1 fully saturated rings. The fraction of sp³-hybridized carbons (Fsp3) is 0.450. The number of benzene rings is 1. The Kier molecular flexibility index (Phi) is 5.40. The third-order valence-electron chi connectivity index (χ3n) is 4.84. The van der Waals surface area contributed by atoms with Gasteiger partial charge in [-0.25, -0.2) is 0 Å². The van der Waals surface area contributed by atoms with Crippen LogP contribution in [0.2, 0.25) is 0 Å². The molecule has 2 heterocycles. The number of piperazine rings is 1. The smallest absolute Gasteiger partial charge is 0.263 e. The first-order valence-corrected chi connectivity index (χ1v) is 9.02. The average molecular weight is 354 g/mol. The van der Waals surface area contributed by atoms with E-state index in [1.54, 1.807) is 0 Å². The van der Waals surface area contributed by atoms with Crippen molar-refractivity contribution in [2.75, 3.05) is 31.1 Å². The SMILES string of the molecule is Cc1ccc(N2CCN(C(=O)C(C)Oc3ccc(C)c(C)c3)CC2)nn1. The summed E-state index contributed by atoms with van der Waals surface area (Å²) in [6.07, 6.45) is -0.497. The molecule has 0 spiro atoms. The van der Waals surface area contributed by atoms with Gasteiger partial charge >= 0.3 is 0 Å². The summed E-state index contributed by atoms with van der Waals surface area (Å²) >= 11 is 0. The number of amides is 1. The number of hydrogen-bond donors (Lipinski definition) is 0. The van der Waals surface area contributed by atoms with E-state index in [0.29, 0.717) is 13.1 Å². The number of anilines is 1. The maximum atomic E-state index is 12.7. The van der Waals surface area contributed by atoms with Gasteiger partial charge in [0.1, 0.15) is 5.75 Å². The number of rotatable bonds is 4. The van der Waals surface area contributed by atoms with Crippen molar-refractivity contribution in [2.45, 2.75) is 33.8 Å². The number of carbonyl (C=O) groups is 1. The molecule has 0 radical (unpaired) electrons. The van der Waals surface area contributed by atoms with Crippen molar-refractivity contribution in [3.05, 3.63) is 47.2 Å². The molecule has 6 nitrogen and oxygen atoms in total. The Hall–Kier alpha value is -2.63. The lowest BCUT2D eigenvalue weighted by Crippen LogP contribution is -2.52. The minimum absolute atomic E-state index is 0.0258. The van der Waals surface area contributed by atoms with Gasteiger partial charge in [0.15, 0.2) is 11.9 Å². The Morgan fingerprint density at radius 2 is 1.73 bits per heavy atom. The van der Waals surface area contributed by atoms with Crippen LogP contribution in [-0.2, 0) is 4.79 Å². The lowest BCUT2D eigenvalue weighted by molar-refractivity contribution is -0.138. The molecule has 138 valence electrons. The molecule has 1 saturated heterocycles. The maximum absolute atomic E-state index is 12.7. The van der Waals surface area contributed by atoms with Crippen molar-refractivity contribution in [3.63, 3.8) is 0 Å². The molecule has 1 amide bonds. The molecule has 0 saturated carbocycles. The Labute approximate surface area is 154 Å². The molecule has 0 aliphatic carbocycles. The van der Waals surface area contributed by atoms with Crippen LogP contribution < -0.4 is 9.64 Å². The summed E-state index contributed by atoms with van der Waals surface area (Å²) in [7, 11) is 0. The van der Waals surface area contributed by atoms with Crippen LogP contribution in [0.15, 0.2) is 30.3 Å². The van der Waals surface area contributed by atoms with Crippen LogP contribution in [0.1, 0.15) is 23.7 Å². The summed E-state index contributed by atoms with van der Waals surface area (Å²) in [5, 5.41) is 8.33. The Morgan fingerprint density at radius 1 is 1.00 bits per heavy atom. The van der Waals surface area contributed by atoms with Gasteiger partial charge in [0, 0.05) is 26.2 Å². The van der Waals surface area contributed by atoms with Crippen LogP contribution in [0.5, 0.6) is 5.75 Å². The predicted octanol–water partition coefficient (Wildman–Crippen LogP) is 2.52. The van der Waals surface area contributed by atoms with Gasteiger partial charge in [0.2, 0.25) is 0 Å². The second-order valence-electron chi connectivity index (χ2n) is 6.85. The van der Waals surface area contributed by atoms with Crippen molar-refractivity contribution in [1.82, 2.24) is 15.1 Å².